The number of ether oxygens (including phenoxy) is 5. The van der Waals surface area contributed by atoms with Crippen molar-refractivity contribution in [3.63, 3.8) is 0 Å². The van der Waals surface area contributed by atoms with Crippen LogP contribution in [0.2, 0.25) is 0 Å². The molecule has 18 nitrogen and oxygen atoms in total. The third-order valence-corrected chi connectivity index (χ3v) is 7.76. The van der Waals surface area contributed by atoms with Crippen molar-refractivity contribution < 1.29 is 66.0 Å². The highest BCUT2D eigenvalue weighted by Crippen LogP contribution is 2.72. The Kier molecular flexibility index (Phi) is 8.67. The molecule has 1 aliphatic carbocycles. The molecule has 2 aromatic rings. The Bertz CT molecular complexity index is 1340. The van der Waals surface area contributed by atoms with Crippen molar-refractivity contribution in [3.8, 4) is 0 Å². The molecule has 1 aliphatic heterocycles. The molecule has 3 heterocycles. The first-order chi connectivity index (χ1) is 19.6. The minimum Gasteiger partial charge on any atom is -0.432 e. The van der Waals surface area contributed by atoms with Crippen LogP contribution in [0.4, 0.5) is 19.8 Å². The number of phosphoric ester groups is 1. The van der Waals surface area contributed by atoms with Crippen LogP contribution in [0.3, 0.4) is 0 Å². The van der Waals surface area contributed by atoms with Crippen LogP contribution in [0.5, 0.6) is 0 Å². The normalized spacial score (nSPS) is 28.6. The second-order valence-corrected chi connectivity index (χ2v) is 11.7. The van der Waals surface area contributed by atoms with Crippen molar-refractivity contribution in [2.45, 2.75) is 76.0 Å². The van der Waals surface area contributed by atoms with Gasteiger partial charge in [-0.05, 0) is 34.6 Å². The first kappa shape index (κ1) is 31.7. The Morgan fingerprint density at radius 1 is 1.10 bits per heavy atom. The van der Waals surface area contributed by atoms with E-state index in [9.17, 15) is 28.8 Å². The average molecular weight is 623 g/mol. The van der Waals surface area contributed by atoms with Gasteiger partial charge in [-0.3, -0.25) is 9.09 Å². The minimum atomic E-state index is -4.97. The Morgan fingerprint density at radius 3 is 2.17 bits per heavy atom. The summed E-state index contributed by atoms with van der Waals surface area (Å²) in [5.74, 6) is 0.0240. The molecule has 0 amide bonds. The smallest absolute Gasteiger partial charge is 0.432 e. The number of rotatable bonds is 12. The molecule has 1 saturated heterocycles. The van der Waals surface area contributed by atoms with Crippen LogP contribution in [0.1, 0.15) is 40.8 Å². The highest BCUT2D eigenvalue weighted by molar-refractivity contribution is 7.48. The highest BCUT2D eigenvalue weighted by atomic mass is 31.2. The number of fused-ring (bicyclic) bond motifs is 2. The topological polar surface area (TPSA) is 235 Å². The van der Waals surface area contributed by atoms with Gasteiger partial charge in [0.05, 0.1) is 18.5 Å². The zero-order valence-corrected chi connectivity index (χ0v) is 24.1. The van der Waals surface area contributed by atoms with E-state index >= 15 is 0 Å². The van der Waals surface area contributed by atoms with Crippen molar-refractivity contribution in [2.24, 2.45) is 0 Å². The largest absolute Gasteiger partial charge is 0.510 e. The summed E-state index contributed by atoms with van der Waals surface area (Å²) < 4.78 is 69.2. The molecule has 5 unspecified atom stereocenters. The van der Waals surface area contributed by atoms with Gasteiger partial charge < -0.3 is 39.6 Å². The average Bonchev–Trinajstić information content (AvgIpc) is 3.12. The van der Waals surface area contributed by atoms with Crippen molar-refractivity contribution in [1.82, 2.24) is 19.5 Å². The van der Waals surface area contributed by atoms with E-state index in [1.54, 1.807) is 27.7 Å². The lowest BCUT2D eigenvalue weighted by molar-refractivity contribution is -0.166. The monoisotopic (exact) mass is 623 g/mol. The second-order valence-electron chi connectivity index (χ2n) is 10.0. The van der Waals surface area contributed by atoms with Gasteiger partial charge in [0, 0.05) is 0 Å². The van der Waals surface area contributed by atoms with Gasteiger partial charge in [0.2, 0.25) is 13.6 Å². The van der Waals surface area contributed by atoms with E-state index in [-0.39, 0.29) is 17.0 Å². The lowest BCUT2D eigenvalue weighted by Crippen LogP contribution is -2.49. The fraction of sp³-hybridized carbons (Fsp3) is 0.682. The van der Waals surface area contributed by atoms with E-state index in [1.165, 1.54) is 10.9 Å². The molecule has 234 valence electrons. The third kappa shape index (κ3) is 5.48. The number of imidazole rings is 1. The number of phosphoric acid groups is 1. The molecular weight excluding hydrogens is 592 g/mol. The maximum absolute atomic E-state index is 14.6. The fourth-order valence-corrected chi connectivity index (χ4v) is 5.64. The van der Waals surface area contributed by atoms with Crippen LogP contribution in [0.25, 0.3) is 11.2 Å². The molecule has 42 heavy (non-hydrogen) atoms. The lowest BCUT2D eigenvalue weighted by atomic mass is 9.94. The van der Waals surface area contributed by atoms with Crippen LogP contribution >= 0.6 is 7.82 Å². The molecule has 2 aromatic heterocycles. The van der Waals surface area contributed by atoms with Gasteiger partial charge in [-0.25, -0.2) is 42.5 Å². The van der Waals surface area contributed by atoms with Gasteiger partial charge in [0.25, 0.3) is 0 Å². The molecule has 2 fully saturated rings. The van der Waals surface area contributed by atoms with Crippen molar-refractivity contribution in [1.29, 1.82) is 0 Å². The van der Waals surface area contributed by atoms with E-state index < -0.39 is 81.7 Å². The third-order valence-electron chi connectivity index (χ3n) is 6.45. The van der Waals surface area contributed by atoms with Gasteiger partial charge in [-0.15, -0.1) is 0 Å². The molecule has 0 spiro atoms. The number of nitrogen functional groups attached to an aromatic ring is 1. The zero-order valence-electron chi connectivity index (χ0n) is 23.2. The number of hydrogen-bond donors (Lipinski definition) is 3. The summed E-state index contributed by atoms with van der Waals surface area (Å²) in [6.07, 6.45) is -4.51. The summed E-state index contributed by atoms with van der Waals surface area (Å²) in [4.78, 5) is 35.3. The standard InChI is InChI=1S/C22H31FN5O13P/c1-11(2)38-18(29)34-9-36-42(33,37-10-35-19(30)39-12(3)4)41-16-21(6-23)22(16,32)20(5,31)17(40-21)28-8-27-13-14(24)25-7-26-15(13)28/h7-8,11-12,16-17,31-32H,6,9-10H2,1-5H3,(H2,24,25,26). The Balaban J connectivity index is 1.54. The Hall–Kier alpha value is -3.19. The van der Waals surface area contributed by atoms with E-state index in [1.807, 2.05) is 0 Å². The van der Waals surface area contributed by atoms with E-state index in [2.05, 4.69) is 24.4 Å². The number of aromatic nitrogens is 4. The Labute approximate surface area is 237 Å². The van der Waals surface area contributed by atoms with Gasteiger partial charge in [-0.2, -0.15) is 0 Å². The maximum atomic E-state index is 14.6. The van der Waals surface area contributed by atoms with Crippen LogP contribution < -0.4 is 5.73 Å². The summed E-state index contributed by atoms with van der Waals surface area (Å²) in [6, 6.07) is 0. The highest BCUT2D eigenvalue weighted by Gasteiger charge is 2.93. The number of alkyl halides is 1. The van der Waals surface area contributed by atoms with Gasteiger partial charge in [0.15, 0.2) is 28.9 Å². The number of halogens is 1. The number of hydrogen-bond acceptors (Lipinski definition) is 17. The molecule has 4 rings (SSSR count). The number of carbonyl (C=O) groups is 2. The summed E-state index contributed by atoms with van der Waals surface area (Å²) in [6.45, 7) is 3.74. The molecule has 20 heteroatoms. The predicted molar refractivity (Wildman–Crippen MR) is 134 cm³/mol. The van der Waals surface area contributed by atoms with Gasteiger partial charge >= 0.3 is 20.1 Å². The number of anilines is 1. The van der Waals surface area contributed by atoms with Crippen LogP contribution in [0, 0.1) is 0 Å². The van der Waals surface area contributed by atoms with Crippen LogP contribution in [-0.2, 0) is 41.8 Å². The number of aliphatic hydroxyl groups is 2. The quantitative estimate of drug-likeness (QED) is 0.173. The van der Waals surface area contributed by atoms with Gasteiger partial charge in [0.1, 0.15) is 30.2 Å². The molecular formula is C22H31FN5O13P. The lowest BCUT2D eigenvalue weighted by Gasteiger charge is -2.33. The first-order valence-corrected chi connectivity index (χ1v) is 13.9. The van der Waals surface area contributed by atoms with Crippen LogP contribution in [-0.4, -0.2) is 97.4 Å². The number of carbonyl (C=O) groups excluding carboxylic acids is 2. The number of nitrogens with zero attached hydrogens (tertiary/aromatic N) is 4. The molecule has 0 aromatic carbocycles. The zero-order chi connectivity index (χ0) is 31.1. The molecule has 5 atom stereocenters. The van der Waals surface area contributed by atoms with Crippen molar-refractivity contribution in [2.75, 3.05) is 26.0 Å². The molecule has 1 saturated carbocycles. The fourth-order valence-electron chi connectivity index (χ4n) is 4.50. The van der Waals surface area contributed by atoms with Crippen molar-refractivity contribution in [3.05, 3.63) is 12.7 Å². The van der Waals surface area contributed by atoms with Crippen LogP contribution in [0.15, 0.2) is 12.7 Å². The molecule has 0 bridgehead atoms. The minimum absolute atomic E-state index is 0.0240. The van der Waals surface area contributed by atoms with Crippen molar-refractivity contribution >= 4 is 37.1 Å². The summed E-state index contributed by atoms with van der Waals surface area (Å²) in [5.41, 5.74) is -1.11. The van der Waals surface area contributed by atoms with E-state index in [0.717, 1.165) is 13.3 Å². The first-order valence-electron chi connectivity index (χ1n) is 12.5. The summed E-state index contributed by atoms with van der Waals surface area (Å²) in [5, 5.41) is 23.0. The molecule has 0 radical (unpaired) electrons. The summed E-state index contributed by atoms with van der Waals surface area (Å²) >= 11 is 0. The number of nitrogens with two attached hydrogens (primary N) is 1. The maximum Gasteiger partial charge on any atom is 0.510 e. The predicted octanol–water partition coefficient (Wildman–Crippen LogP) is 1.71. The summed E-state index contributed by atoms with van der Waals surface area (Å²) in [7, 11) is -4.97. The Morgan fingerprint density at radius 2 is 1.67 bits per heavy atom. The van der Waals surface area contributed by atoms with E-state index in [4.69, 9.17) is 33.5 Å². The molecule has 4 N–H and O–H groups in total. The second kappa shape index (κ2) is 11.5. The molecule has 2 aliphatic rings. The SMILES string of the molecule is CC(C)OC(=O)OCOP(=O)(OCOC(=O)OC(C)C)OC1C2(CF)OC(n3cnc4c(N)ncnc43)C(C)(O)C12O. The van der Waals surface area contributed by atoms with Gasteiger partial charge in [-0.1, -0.05) is 0 Å². The van der Waals surface area contributed by atoms with E-state index in [0.29, 0.717) is 0 Å².